The Labute approximate surface area is 77.6 Å². The minimum Gasteiger partial charge on any atom is -0.478 e. The highest BCUT2D eigenvalue weighted by molar-refractivity contribution is 6.32. The summed E-state index contributed by atoms with van der Waals surface area (Å²) in [5.74, 6) is -1.12. The summed E-state index contributed by atoms with van der Waals surface area (Å²) in [6, 6.07) is 1.64. The summed E-state index contributed by atoms with van der Waals surface area (Å²) in [6.07, 6.45) is 2.71. The third-order valence-electron chi connectivity index (χ3n) is 1.59. The molecule has 0 atom stereocenters. The molecular weight excluding hydrogens is 194 g/mol. The van der Waals surface area contributed by atoms with E-state index in [1.165, 1.54) is 16.9 Å². The molecule has 5 nitrogen and oxygen atoms in total. The van der Waals surface area contributed by atoms with Gasteiger partial charge in [-0.25, -0.2) is 14.3 Å². The molecule has 2 rings (SSSR count). The number of carbonyl (C=O) groups is 1. The highest BCUT2D eigenvalue weighted by atomic mass is 35.5. The fraction of sp³-hybridized carbons (Fsp3) is 0. The minimum absolute atomic E-state index is 0.0575. The Morgan fingerprint density at radius 1 is 1.62 bits per heavy atom. The van der Waals surface area contributed by atoms with Gasteiger partial charge >= 0.3 is 5.97 Å². The molecule has 66 valence electrons. The van der Waals surface area contributed by atoms with Gasteiger partial charge in [-0.2, -0.15) is 5.10 Å². The summed E-state index contributed by atoms with van der Waals surface area (Å²) >= 11 is 5.76. The number of halogens is 1. The maximum atomic E-state index is 10.6. The first-order chi connectivity index (χ1) is 6.20. The Bertz CT molecular complexity index is 480. The van der Waals surface area contributed by atoms with E-state index >= 15 is 0 Å². The lowest BCUT2D eigenvalue weighted by Gasteiger charge is -1.99. The van der Waals surface area contributed by atoms with Gasteiger partial charge in [0.25, 0.3) is 0 Å². The SMILES string of the molecule is O=C(O)c1cnc2ccnn2c1Cl. The summed E-state index contributed by atoms with van der Waals surface area (Å²) in [7, 11) is 0. The van der Waals surface area contributed by atoms with Gasteiger partial charge in [0, 0.05) is 12.3 Å². The lowest BCUT2D eigenvalue weighted by atomic mass is 10.3. The van der Waals surface area contributed by atoms with E-state index in [9.17, 15) is 4.79 Å². The van der Waals surface area contributed by atoms with Crippen molar-refractivity contribution in [3.8, 4) is 0 Å². The molecule has 2 heterocycles. The molecule has 0 aromatic carbocycles. The molecule has 1 N–H and O–H groups in total. The first-order valence-corrected chi connectivity index (χ1v) is 3.79. The predicted octanol–water partition coefficient (Wildman–Crippen LogP) is 1.08. The van der Waals surface area contributed by atoms with Gasteiger partial charge in [0.15, 0.2) is 5.65 Å². The summed E-state index contributed by atoms with van der Waals surface area (Å²) in [6.45, 7) is 0. The number of aromatic nitrogens is 3. The summed E-state index contributed by atoms with van der Waals surface area (Å²) in [5, 5.41) is 12.6. The van der Waals surface area contributed by atoms with Crippen molar-refractivity contribution < 1.29 is 9.90 Å². The van der Waals surface area contributed by atoms with Crippen molar-refractivity contribution in [3.05, 3.63) is 29.2 Å². The summed E-state index contributed by atoms with van der Waals surface area (Å²) in [5.41, 5.74) is 0.466. The predicted molar refractivity (Wildman–Crippen MR) is 45.0 cm³/mol. The fourth-order valence-electron chi connectivity index (χ4n) is 0.987. The summed E-state index contributed by atoms with van der Waals surface area (Å²) in [4.78, 5) is 14.5. The van der Waals surface area contributed by atoms with Gasteiger partial charge in [0.05, 0.1) is 6.20 Å². The largest absolute Gasteiger partial charge is 0.478 e. The molecule has 0 aliphatic heterocycles. The van der Waals surface area contributed by atoms with E-state index < -0.39 is 5.97 Å². The van der Waals surface area contributed by atoms with Crippen LogP contribution in [0.5, 0.6) is 0 Å². The highest BCUT2D eigenvalue weighted by Crippen LogP contribution is 2.15. The van der Waals surface area contributed by atoms with E-state index in [1.807, 2.05) is 0 Å². The molecule has 0 aliphatic rings. The molecule has 0 bridgehead atoms. The number of carboxylic acid groups (broad SMARTS) is 1. The molecule has 0 unspecified atom stereocenters. The van der Waals surface area contributed by atoms with Crippen molar-refractivity contribution in [2.24, 2.45) is 0 Å². The maximum absolute atomic E-state index is 10.6. The zero-order valence-corrected chi connectivity index (χ0v) is 7.06. The molecule has 2 aromatic rings. The Hall–Kier alpha value is -1.62. The molecule has 0 saturated carbocycles. The highest BCUT2D eigenvalue weighted by Gasteiger charge is 2.12. The van der Waals surface area contributed by atoms with Crippen molar-refractivity contribution in [1.82, 2.24) is 14.6 Å². The molecular formula is C7H4ClN3O2. The van der Waals surface area contributed by atoms with E-state index in [1.54, 1.807) is 6.07 Å². The smallest absolute Gasteiger partial charge is 0.340 e. The lowest BCUT2D eigenvalue weighted by molar-refractivity contribution is 0.0696. The van der Waals surface area contributed by atoms with Crippen molar-refractivity contribution in [1.29, 1.82) is 0 Å². The molecule has 0 fully saturated rings. The molecule has 0 spiro atoms. The number of hydrogen-bond acceptors (Lipinski definition) is 3. The number of hydrogen-bond donors (Lipinski definition) is 1. The maximum Gasteiger partial charge on any atom is 0.340 e. The Morgan fingerprint density at radius 3 is 3.08 bits per heavy atom. The van der Waals surface area contributed by atoms with Crippen LogP contribution in [0.2, 0.25) is 5.15 Å². The van der Waals surface area contributed by atoms with E-state index in [4.69, 9.17) is 16.7 Å². The number of nitrogens with zero attached hydrogens (tertiary/aromatic N) is 3. The Balaban J connectivity index is 2.80. The van der Waals surface area contributed by atoms with Crippen molar-refractivity contribution in [2.75, 3.05) is 0 Å². The summed E-state index contributed by atoms with van der Waals surface area (Å²) < 4.78 is 1.27. The van der Waals surface area contributed by atoms with Crippen LogP contribution >= 0.6 is 11.6 Å². The van der Waals surface area contributed by atoms with Crippen LogP contribution in [0, 0.1) is 0 Å². The lowest BCUT2D eigenvalue weighted by Crippen LogP contribution is -2.03. The molecule has 0 saturated heterocycles. The van der Waals surface area contributed by atoms with Gasteiger partial charge in [-0.05, 0) is 0 Å². The van der Waals surface area contributed by atoms with Crippen LogP contribution in [0.4, 0.5) is 0 Å². The van der Waals surface area contributed by atoms with Gasteiger partial charge in [-0.1, -0.05) is 11.6 Å². The van der Waals surface area contributed by atoms with Crippen LogP contribution in [0.15, 0.2) is 18.5 Å². The van der Waals surface area contributed by atoms with Gasteiger partial charge in [0.1, 0.15) is 10.7 Å². The number of aromatic carboxylic acids is 1. The average Bonchev–Trinajstić information content (AvgIpc) is 2.52. The molecule has 0 radical (unpaired) electrons. The van der Waals surface area contributed by atoms with Crippen LogP contribution in [-0.4, -0.2) is 25.7 Å². The number of rotatable bonds is 1. The van der Waals surface area contributed by atoms with Crippen LogP contribution in [0.1, 0.15) is 10.4 Å². The van der Waals surface area contributed by atoms with Crippen LogP contribution in [-0.2, 0) is 0 Å². The molecule has 13 heavy (non-hydrogen) atoms. The molecule has 2 aromatic heterocycles. The third kappa shape index (κ3) is 1.13. The Morgan fingerprint density at radius 2 is 2.38 bits per heavy atom. The third-order valence-corrected chi connectivity index (χ3v) is 1.95. The van der Waals surface area contributed by atoms with Gasteiger partial charge in [-0.3, -0.25) is 0 Å². The van der Waals surface area contributed by atoms with Crippen molar-refractivity contribution in [3.63, 3.8) is 0 Å². The monoisotopic (exact) mass is 197 g/mol. The second-order valence-electron chi connectivity index (χ2n) is 2.37. The first kappa shape index (κ1) is 8.00. The van der Waals surface area contributed by atoms with E-state index in [0.29, 0.717) is 5.65 Å². The Kier molecular flexibility index (Phi) is 1.66. The molecule has 0 amide bonds. The normalized spacial score (nSPS) is 10.5. The number of fused-ring (bicyclic) bond motifs is 1. The van der Waals surface area contributed by atoms with Crippen molar-refractivity contribution in [2.45, 2.75) is 0 Å². The van der Waals surface area contributed by atoms with Gasteiger partial charge in [-0.15, -0.1) is 0 Å². The zero-order chi connectivity index (χ0) is 9.42. The second kappa shape index (κ2) is 2.70. The van der Waals surface area contributed by atoms with Gasteiger partial charge in [0.2, 0.25) is 0 Å². The zero-order valence-electron chi connectivity index (χ0n) is 6.31. The molecule has 0 aliphatic carbocycles. The first-order valence-electron chi connectivity index (χ1n) is 3.41. The quantitative estimate of drug-likeness (QED) is 0.695. The van der Waals surface area contributed by atoms with Crippen LogP contribution < -0.4 is 0 Å². The van der Waals surface area contributed by atoms with E-state index in [0.717, 1.165) is 0 Å². The number of carboxylic acids is 1. The standard InChI is InChI=1S/C7H4ClN3O2/c8-6-4(7(12)13)3-9-5-1-2-10-11(5)6/h1-3H,(H,12,13). The fourth-order valence-corrected chi connectivity index (χ4v) is 1.25. The van der Waals surface area contributed by atoms with Crippen LogP contribution in [0.25, 0.3) is 5.65 Å². The van der Waals surface area contributed by atoms with Gasteiger partial charge < -0.3 is 5.11 Å². The second-order valence-corrected chi connectivity index (χ2v) is 2.73. The average molecular weight is 198 g/mol. The van der Waals surface area contributed by atoms with E-state index in [2.05, 4.69) is 10.1 Å². The minimum atomic E-state index is -1.12. The topological polar surface area (TPSA) is 67.5 Å². The molecule has 6 heteroatoms. The van der Waals surface area contributed by atoms with E-state index in [-0.39, 0.29) is 10.7 Å². The van der Waals surface area contributed by atoms with Crippen LogP contribution in [0.3, 0.4) is 0 Å². The van der Waals surface area contributed by atoms with Crippen molar-refractivity contribution >= 4 is 23.2 Å².